The van der Waals surface area contributed by atoms with Crippen LogP contribution in [0.25, 0.3) is 11.4 Å². The summed E-state index contributed by atoms with van der Waals surface area (Å²) in [5.41, 5.74) is -0.422. The zero-order chi connectivity index (χ0) is 18.2. The summed E-state index contributed by atoms with van der Waals surface area (Å²) in [5, 5.41) is 6.62. The fraction of sp³-hybridized carbons (Fsp3) is 0.188. The number of H-pyrrole nitrogens is 1. The third-order valence-electron chi connectivity index (χ3n) is 3.75. The number of halogens is 3. The van der Waals surface area contributed by atoms with Gasteiger partial charge in [0.15, 0.2) is 10.6 Å². The summed E-state index contributed by atoms with van der Waals surface area (Å²) in [6, 6.07) is 8.14. The van der Waals surface area contributed by atoms with Crippen molar-refractivity contribution in [1.29, 1.82) is 0 Å². The molecule has 3 aromatic rings. The van der Waals surface area contributed by atoms with Crippen molar-refractivity contribution in [3.63, 3.8) is 0 Å². The van der Waals surface area contributed by atoms with Crippen LogP contribution in [-0.4, -0.2) is 19.3 Å². The van der Waals surface area contributed by atoms with Crippen LogP contribution in [0, 0.1) is 4.77 Å². The Morgan fingerprint density at radius 3 is 2.64 bits per heavy atom. The summed E-state index contributed by atoms with van der Waals surface area (Å²) < 4.78 is 41.7. The highest BCUT2D eigenvalue weighted by Gasteiger charge is 2.30. The molecule has 0 saturated heterocycles. The monoisotopic (exact) mass is 366 g/mol. The Hall–Kier alpha value is -2.68. The van der Waals surface area contributed by atoms with E-state index in [1.165, 1.54) is 16.8 Å². The lowest BCUT2D eigenvalue weighted by Crippen LogP contribution is -2.22. The number of aromatic amines is 1. The van der Waals surface area contributed by atoms with Gasteiger partial charge in [-0.05, 0) is 42.0 Å². The van der Waals surface area contributed by atoms with Gasteiger partial charge < -0.3 is 9.13 Å². The smallest absolute Gasteiger partial charge is 0.310 e. The molecule has 1 aromatic carbocycles. The van der Waals surface area contributed by atoms with Crippen LogP contribution in [0.3, 0.4) is 0 Å². The van der Waals surface area contributed by atoms with Crippen molar-refractivity contribution in [2.45, 2.75) is 12.7 Å². The normalized spacial score (nSPS) is 11.7. The summed E-state index contributed by atoms with van der Waals surface area (Å²) in [4.78, 5) is 12.7. The average molecular weight is 366 g/mol. The predicted octanol–water partition coefficient (Wildman–Crippen LogP) is 3.37. The first kappa shape index (κ1) is 17.2. The largest absolute Gasteiger partial charge is 0.416 e. The van der Waals surface area contributed by atoms with Crippen molar-refractivity contribution in [2.24, 2.45) is 7.05 Å². The van der Waals surface area contributed by atoms with E-state index in [0.717, 1.165) is 12.1 Å². The molecule has 0 amide bonds. The summed E-state index contributed by atoms with van der Waals surface area (Å²) >= 11 is 5.03. The first-order chi connectivity index (χ1) is 11.8. The predicted molar refractivity (Wildman–Crippen MR) is 88.6 cm³/mol. The number of aromatic nitrogens is 4. The molecule has 0 unspecified atom stereocenters. The minimum atomic E-state index is -4.43. The highest BCUT2D eigenvalue weighted by atomic mass is 32.1. The van der Waals surface area contributed by atoms with Gasteiger partial charge in [-0.2, -0.15) is 18.3 Å². The van der Waals surface area contributed by atoms with E-state index < -0.39 is 11.7 Å². The molecule has 9 heteroatoms. The van der Waals surface area contributed by atoms with E-state index in [-0.39, 0.29) is 12.1 Å². The molecule has 3 rings (SSSR count). The summed E-state index contributed by atoms with van der Waals surface area (Å²) in [6.45, 7) is 0.0193. The zero-order valence-corrected chi connectivity index (χ0v) is 13.9. The molecule has 0 aliphatic heterocycles. The Morgan fingerprint density at radius 1 is 1.24 bits per heavy atom. The minimum absolute atomic E-state index is 0.0193. The van der Waals surface area contributed by atoms with Gasteiger partial charge in [-0.15, -0.1) is 0 Å². The van der Waals surface area contributed by atoms with Gasteiger partial charge in [0.05, 0.1) is 17.7 Å². The van der Waals surface area contributed by atoms with E-state index in [1.54, 1.807) is 29.8 Å². The highest BCUT2D eigenvalue weighted by Crippen LogP contribution is 2.29. The molecule has 0 spiro atoms. The second kappa shape index (κ2) is 6.32. The molecule has 0 bridgehead atoms. The minimum Gasteiger partial charge on any atom is -0.310 e. The van der Waals surface area contributed by atoms with Crippen molar-refractivity contribution < 1.29 is 13.2 Å². The molecule has 0 aliphatic rings. The first-order valence-electron chi connectivity index (χ1n) is 7.25. The lowest BCUT2D eigenvalue weighted by atomic mass is 10.1. The van der Waals surface area contributed by atoms with E-state index >= 15 is 0 Å². The molecule has 1 N–H and O–H groups in total. The Kier molecular flexibility index (Phi) is 4.34. The summed E-state index contributed by atoms with van der Waals surface area (Å²) in [7, 11) is 1.67. The van der Waals surface area contributed by atoms with Gasteiger partial charge in [0.2, 0.25) is 0 Å². The van der Waals surface area contributed by atoms with Gasteiger partial charge in [0.25, 0.3) is 5.56 Å². The third kappa shape index (κ3) is 3.41. The van der Waals surface area contributed by atoms with Crippen molar-refractivity contribution in [3.8, 4) is 11.4 Å². The Bertz CT molecular complexity index is 1030. The molecule has 0 aliphatic carbocycles. The molecule has 0 atom stereocenters. The molecular formula is C16H13F3N4OS. The van der Waals surface area contributed by atoms with E-state index in [0.29, 0.717) is 21.7 Å². The average Bonchev–Trinajstić information content (AvgIpc) is 2.89. The number of nitrogens with one attached hydrogen (secondary N) is 1. The maximum atomic E-state index is 12.8. The second-order valence-corrected chi connectivity index (χ2v) is 5.85. The Morgan fingerprint density at radius 2 is 2.00 bits per heavy atom. The van der Waals surface area contributed by atoms with Crippen LogP contribution in [0.15, 0.2) is 47.4 Å². The van der Waals surface area contributed by atoms with Crippen molar-refractivity contribution >= 4 is 12.2 Å². The van der Waals surface area contributed by atoms with Crippen molar-refractivity contribution in [2.75, 3.05) is 0 Å². The van der Waals surface area contributed by atoms with E-state index in [4.69, 9.17) is 12.2 Å². The van der Waals surface area contributed by atoms with Gasteiger partial charge in [0.1, 0.15) is 0 Å². The standard InChI is InChI=1S/C16H13F3N4OS/c1-22-13(20-21-15(22)25)12-6-3-7-23(14(12)24)9-10-4-2-5-11(8-10)16(17,18)19/h2-8H,9H2,1H3,(H,21,25). The van der Waals surface area contributed by atoms with Crippen LogP contribution >= 0.6 is 12.2 Å². The first-order valence-corrected chi connectivity index (χ1v) is 7.65. The molecule has 0 radical (unpaired) electrons. The lowest BCUT2D eigenvalue weighted by Gasteiger charge is -2.11. The van der Waals surface area contributed by atoms with Crippen LogP contribution in [0.1, 0.15) is 11.1 Å². The van der Waals surface area contributed by atoms with Gasteiger partial charge in [-0.1, -0.05) is 12.1 Å². The number of pyridine rings is 1. The van der Waals surface area contributed by atoms with Crippen LogP contribution in [0.5, 0.6) is 0 Å². The fourth-order valence-corrected chi connectivity index (χ4v) is 2.59. The zero-order valence-electron chi connectivity index (χ0n) is 13.0. The van der Waals surface area contributed by atoms with Crippen LogP contribution in [0.2, 0.25) is 0 Å². The molecular weight excluding hydrogens is 353 g/mol. The van der Waals surface area contributed by atoms with Crippen LogP contribution < -0.4 is 5.56 Å². The number of hydrogen-bond acceptors (Lipinski definition) is 3. The maximum Gasteiger partial charge on any atom is 0.416 e. The number of rotatable bonds is 3. The summed E-state index contributed by atoms with van der Waals surface area (Å²) in [6.07, 6.45) is -2.90. The molecule has 0 fully saturated rings. The molecule has 5 nitrogen and oxygen atoms in total. The quantitative estimate of drug-likeness (QED) is 0.723. The number of alkyl halides is 3. The highest BCUT2D eigenvalue weighted by molar-refractivity contribution is 7.71. The SMILES string of the molecule is Cn1c(-c2cccn(Cc3cccc(C(F)(F)F)c3)c2=O)n[nH]c1=S. The number of hydrogen-bond donors (Lipinski definition) is 1. The molecule has 0 saturated carbocycles. The molecule has 25 heavy (non-hydrogen) atoms. The number of nitrogens with zero attached hydrogens (tertiary/aromatic N) is 3. The second-order valence-electron chi connectivity index (χ2n) is 5.46. The summed E-state index contributed by atoms with van der Waals surface area (Å²) in [5.74, 6) is 0.369. The molecule has 2 aromatic heterocycles. The van der Waals surface area contributed by atoms with E-state index in [1.807, 2.05) is 0 Å². The third-order valence-corrected chi connectivity index (χ3v) is 4.11. The van der Waals surface area contributed by atoms with E-state index in [9.17, 15) is 18.0 Å². The maximum absolute atomic E-state index is 12.8. The van der Waals surface area contributed by atoms with Gasteiger partial charge in [-0.25, -0.2) is 0 Å². The van der Waals surface area contributed by atoms with Crippen molar-refractivity contribution in [3.05, 3.63) is 68.8 Å². The van der Waals surface area contributed by atoms with E-state index in [2.05, 4.69) is 10.2 Å². The van der Waals surface area contributed by atoms with Gasteiger partial charge in [0, 0.05) is 13.2 Å². The topological polar surface area (TPSA) is 55.6 Å². The Labute approximate surface area is 145 Å². The van der Waals surface area contributed by atoms with Gasteiger partial charge >= 0.3 is 6.18 Å². The molecule has 130 valence electrons. The Balaban J connectivity index is 2.00. The lowest BCUT2D eigenvalue weighted by molar-refractivity contribution is -0.137. The fourth-order valence-electron chi connectivity index (χ4n) is 2.46. The van der Waals surface area contributed by atoms with Crippen LogP contribution in [0.4, 0.5) is 13.2 Å². The van der Waals surface area contributed by atoms with Gasteiger partial charge in [-0.3, -0.25) is 9.89 Å². The number of benzene rings is 1. The van der Waals surface area contributed by atoms with Crippen LogP contribution in [-0.2, 0) is 19.8 Å². The van der Waals surface area contributed by atoms with Crippen molar-refractivity contribution in [1.82, 2.24) is 19.3 Å². The molecule has 2 heterocycles.